The minimum atomic E-state index is -0.764. The molecule has 2 aromatic carbocycles. The zero-order chi connectivity index (χ0) is 25.4. The van der Waals surface area contributed by atoms with E-state index in [1.165, 1.54) is 14.2 Å². The van der Waals surface area contributed by atoms with Crippen LogP contribution in [0.4, 0.5) is 0 Å². The van der Waals surface area contributed by atoms with Crippen LogP contribution >= 0.6 is 12.4 Å². The molecule has 0 atom stereocenters. The molecule has 0 spiro atoms. The van der Waals surface area contributed by atoms with E-state index in [0.717, 1.165) is 22.4 Å². The van der Waals surface area contributed by atoms with Crippen molar-refractivity contribution in [3.8, 4) is 23.0 Å². The van der Waals surface area contributed by atoms with E-state index in [-0.39, 0.29) is 38.0 Å². The van der Waals surface area contributed by atoms with Gasteiger partial charge in [0.15, 0.2) is 28.6 Å². The molecule has 0 saturated heterocycles. The van der Waals surface area contributed by atoms with E-state index in [1.807, 2.05) is 29.2 Å². The van der Waals surface area contributed by atoms with E-state index < -0.39 is 11.9 Å². The third-order valence-corrected chi connectivity index (χ3v) is 6.34. The van der Waals surface area contributed by atoms with Gasteiger partial charge in [0.2, 0.25) is 6.79 Å². The molecule has 0 aliphatic carbocycles. The van der Waals surface area contributed by atoms with Crippen LogP contribution in [0.25, 0.3) is 17.5 Å². The molecular formula is C27H28ClNO8. The zero-order valence-electron chi connectivity index (χ0n) is 21.0. The Hall–Kier alpha value is -3.85. The van der Waals surface area contributed by atoms with Crippen molar-refractivity contribution in [3.63, 3.8) is 0 Å². The second-order valence-corrected chi connectivity index (χ2v) is 8.22. The number of halogens is 1. The average Bonchev–Trinajstić information content (AvgIpc) is 3.34. The summed E-state index contributed by atoms with van der Waals surface area (Å²) in [4.78, 5) is 28.5. The van der Waals surface area contributed by atoms with E-state index in [1.54, 1.807) is 19.9 Å². The van der Waals surface area contributed by atoms with Gasteiger partial charge in [0, 0.05) is 17.8 Å². The highest BCUT2D eigenvalue weighted by Crippen LogP contribution is 2.50. The van der Waals surface area contributed by atoms with Crippen LogP contribution in [0.3, 0.4) is 0 Å². The highest BCUT2D eigenvalue weighted by Gasteiger charge is 2.39. The molecule has 0 bridgehead atoms. The van der Waals surface area contributed by atoms with E-state index >= 15 is 0 Å². The third kappa shape index (κ3) is 4.33. The smallest absolute Gasteiger partial charge is 0.347 e. The van der Waals surface area contributed by atoms with Crippen LogP contribution in [0.5, 0.6) is 23.0 Å². The van der Waals surface area contributed by atoms with Crippen LogP contribution in [0.2, 0.25) is 0 Å². The van der Waals surface area contributed by atoms with Gasteiger partial charge in [-0.3, -0.25) is 0 Å². The van der Waals surface area contributed by atoms with Gasteiger partial charge in [-0.1, -0.05) is 6.07 Å². The minimum absolute atomic E-state index is 0. The van der Waals surface area contributed by atoms with Gasteiger partial charge >= 0.3 is 11.9 Å². The molecule has 0 fully saturated rings. The van der Waals surface area contributed by atoms with Gasteiger partial charge in [-0.15, -0.1) is 12.4 Å². The summed E-state index contributed by atoms with van der Waals surface area (Å²) in [6.07, 6.45) is 2.66. The highest BCUT2D eigenvalue weighted by atomic mass is 35.5. The standard InChI is InChI=1S/C27H27NO8.ClH/c1-5-33-26(29)23(27(30)34-6-2)24-22-16(7-8-19(31-3)25(22)32-4)11-18-17-13-21-20(35-14-36-21)12-15(17)9-10-28(18)24;/h7-8,11-13H,5-6,9-10,14H2,1-4H3;1H. The van der Waals surface area contributed by atoms with E-state index in [4.69, 9.17) is 28.4 Å². The van der Waals surface area contributed by atoms with E-state index in [9.17, 15) is 9.59 Å². The first kappa shape index (κ1) is 26.2. The highest BCUT2D eigenvalue weighted by molar-refractivity contribution is 6.21. The first-order valence-corrected chi connectivity index (χ1v) is 11.8. The van der Waals surface area contributed by atoms with Crippen LogP contribution in [0, 0.1) is 0 Å². The monoisotopic (exact) mass is 529 g/mol. The van der Waals surface area contributed by atoms with Gasteiger partial charge in [0.25, 0.3) is 0 Å². The predicted octanol–water partition coefficient (Wildman–Crippen LogP) is 4.06. The summed E-state index contributed by atoms with van der Waals surface area (Å²) in [6, 6.07) is 7.59. The van der Waals surface area contributed by atoms with Crippen molar-refractivity contribution in [1.82, 2.24) is 4.90 Å². The summed E-state index contributed by atoms with van der Waals surface area (Å²) < 4.78 is 33.1. The Labute approximate surface area is 220 Å². The van der Waals surface area contributed by atoms with Crippen molar-refractivity contribution < 1.29 is 38.0 Å². The predicted molar refractivity (Wildman–Crippen MR) is 138 cm³/mol. The summed E-state index contributed by atoms with van der Waals surface area (Å²) in [5.74, 6) is 0.705. The molecule has 5 rings (SSSR count). The van der Waals surface area contributed by atoms with Gasteiger partial charge in [0.05, 0.1) is 38.7 Å². The number of fused-ring (bicyclic) bond motifs is 5. The first-order chi connectivity index (χ1) is 17.5. The molecule has 0 saturated carbocycles. The molecule has 0 N–H and O–H groups in total. The van der Waals surface area contributed by atoms with Gasteiger partial charge in [-0.05, 0) is 55.7 Å². The molecule has 196 valence electrons. The molecule has 3 aliphatic rings. The topological polar surface area (TPSA) is 92.8 Å². The van der Waals surface area contributed by atoms with Gasteiger partial charge in [-0.2, -0.15) is 0 Å². The number of ether oxygens (including phenoxy) is 6. The van der Waals surface area contributed by atoms with E-state index in [0.29, 0.717) is 47.2 Å². The lowest BCUT2D eigenvalue weighted by atomic mass is 9.86. The van der Waals surface area contributed by atoms with Crippen LogP contribution < -0.4 is 18.9 Å². The zero-order valence-corrected chi connectivity index (χ0v) is 21.9. The maximum absolute atomic E-state index is 13.3. The van der Waals surface area contributed by atoms with Gasteiger partial charge in [0.1, 0.15) is 0 Å². The van der Waals surface area contributed by atoms with Crippen LogP contribution in [-0.2, 0) is 25.5 Å². The second kappa shape index (κ2) is 10.6. The first-order valence-electron chi connectivity index (χ1n) is 11.8. The van der Waals surface area contributed by atoms with Crippen molar-refractivity contribution in [2.24, 2.45) is 0 Å². The number of hydrogen-bond acceptors (Lipinski definition) is 9. The largest absolute Gasteiger partial charge is 0.493 e. The quantitative estimate of drug-likeness (QED) is 0.238. The Kier molecular flexibility index (Phi) is 7.54. The van der Waals surface area contributed by atoms with Gasteiger partial charge in [-0.25, -0.2) is 9.59 Å². The number of carbonyl (C=O) groups excluding carboxylic acids is 2. The Morgan fingerprint density at radius 3 is 2.27 bits per heavy atom. The minimum Gasteiger partial charge on any atom is -0.493 e. The van der Waals surface area contributed by atoms with Crippen LogP contribution in [0.1, 0.15) is 36.1 Å². The third-order valence-electron chi connectivity index (χ3n) is 6.34. The maximum Gasteiger partial charge on any atom is 0.347 e. The van der Waals surface area contributed by atoms with Crippen molar-refractivity contribution in [1.29, 1.82) is 0 Å². The van der Waals surface area contributed by atoms with Crippen molar-refractivity contribution in [2.75, 3.05) is 40.8 Å². The summed E-state index contributed by atoms with van der Waals surface area (Å²) in [7, 11) is 3.06. The molecule has 0 unspecified atom stereocenters. The molecule has 37 heavy (non-hydrogen) atoms. The van der Waals surface area contributed by atoms with Gasteiger partial charge < -0.3 is 33.3 Å². The maximum atomic E-state index is 13.3. The number of benzene rings is 2. The lowest BCUT2D eigenvalue weighted by Gasteiger charge is -2.39. The molecule has 0 amide bonds. The molecule has 0 radical (unpaired) electrons. The van der Waals surface area contributed by atoms with Crippen molar-refractivity contribution >= 4 is 41.8 Å². The van der Waals surface area contributed by atoms with Crippen LogP contribution in [-0.4, -0.2) is 57.6 Å². The number of carbonyl (C=O) groups is 2. The molecule has 3 heterocycles. The van der Waals surface area contributed by atoms with Crippen molar-refractivity contribution in [2.45, 2.75) is 20.3 Å². The fourth-order valence-corrected chi connectivity index (χ4v) is 4.85. The second-order valence-electron chi connectivity index (χ2n) is 8.22. The lowest BCUT2D eigenvalue weighted by Crippen LogP contribution is -2.34. The molecule has 2 aromatic rings. The van der Waals surface area contributed by atoms with Crippen LogP contribution in [0.15, 0.2) is 29.8 Å². The summed E-state index contributed by atoms with van der Waals surface area (Å²) in [6.45, 7) is 4.25. The number of hydrogen-bond donors (Lipinski definition) is 0. The molecule has 0 aromatic heterocycles. The Morgan fingerprint density at radius 1 is 0.973 bits per heavy atom. The summed E-state index contributed by atoms with van der Waals surface area (Å²) in [5, 5.41) is 0. The lowest BCUT2D eigenvalue weighted by molar-refractivity contribution is -0.146. The average molecular weight is 530 g/mol. The number of methoxy groups -OCH3 is 2. The normalized spacial score (nSPS) is 14.3. The Bertz CT molecular complexity index is 1300. The molecule has 10 heteroatoms. The fraction of sp³-hybridized carbons (Fsp3) is 0.333. The number of nitrogens with zero attached hydrogens (tertiary/aromatic N) is 1. The Morgan fingerprint density at radius 2 is 1.65 bits per heavy atom. The SMILES string of the molecule is CCOC(=O)C(C(=O)OCC)=C1c2c(ccc(OC)c2OC)C=C2c3cc4c(cc3CCN21)OCO4.Cl. The summed E-state index contributed by atoms with van der Waals surface area (Å²) in [5.41, 5.74) is 4.30. The molecular weight excluding hydrogens is 502 g/mol. The Balaban J connectivity index is 0.00000320. The summed E-state index contributed by atoms with van der Waals surface area (Å²) >= 11 is 0. The van der Waals surface area contributed by atoms with E-state index in [2.05, 4.69) is 0 Å². The molecule has 3 aliphatic heterocycles. The number of esters is 2. The van der Waals surface area contributed by atoms with Crippen molar-refractivity contribution in [3.05, 3.63) is 52.1 Å². The molecule has 9 nitrogen and oxygen atoms in total. The number of rotatable bonds is 6. The fourth-order valence-electron chi connectivity index (χ4n) is 4.85.